The van der Waals surface area contributed by atoms with E-state index in [1.807, 2.05) is 50.4 Å². The van der Waals surface area contributed by atoms with Gasteiger partial charge in [0.1, 0.15) is 5.82 Å². The summed E-state index contributed by atoms with van der Waals surface area (Å²) in [5.41, 5.74) is 11.4. The van der Waals surface area contributed by atoms with E-state index in [-0.39, 0.29) is 11.7 Å². The first kappa shape index (κ1) is 25.0. The van der Waals surface area contributed by atoms with Gasteiger partial charge in [-0.15, -0.1) is 0 Å². The molecule has 3 aromatic rings. The second-order valence-electron chi connectivity index (χ2n) is 9.73. The number of benzene rings is 2. The zero-order valence-corrected chi connectivity index (χ0v) is 21.2. The van der Waals surface area contributed by atoms with Crippen LogP contribution in [0.5, 0.6) is 0 Å². The standard InChI is InChI=1S/C29H37N5O/c1-4-33-15-17-34(18-16-33)25-11-7-23(8-12-25)20-28-31-14-13-26(32-28)24-9-5-22(6-10-24)19-27(35)29(30)21(2)3/h5-14,21,29H,4,15-20,30H2,1-3H3/t29-/m0/s1. The highest BCUT2D eigenvalue weighted by Crippen LogP contribution is 2.21. The third kappa shape index (κ3) is 6.53. The first-order chi connectivity index (χ1) is 16.9. The van der Waals surface area contributed by atoms with Crippen molar-refractivity contribution in [2.24, 2.45) is 11.7 Å². The molecule has 1 atom stereocenters. The Kier molecular flexibility index (Phi) is 8.26. The maximum atomic E-state index is 12.3. The summed E-state index contributed by atoms with van der Waals surface area (Å²) in [4.78, 5) is 26.6. The first-order valence-electron chi connectivity index (χ1n) is 12.7. The molecule has 1 saturated heterocycles. The summed E-state index contributed by atoms with van der Waals surface area (Å²) in [6.45, 7) is 11.7. The van der Waals surface area contributed by atoms with Crippen LogP contribution in [0, 0.1) is 5.92 Å². The number of aromatic nitrogens is 2. The molecule has 184 valence electrons. The van der Waals surface area contributed by atoms with Gasteiger partial charge in [0.2, 0.25) is 0 Å². The summed E-state index contributed by atoms with van der Waals surface area (Å²) >= 11 is 0. The molecule has 0 unspecified atom stereocenters. The van der Waals surface area contributed by atoms with Gasteiger partial charge in [0.15, 0.2) is 5.78 Å². The van der Waals surface area contributed by atoms with Crippen molar-refractivity contribution < 1.29 is 4.79 Å². The molecule has 0 amide bonds. The monoisotopic (exact) mass is 471 g/mol. The highest BCUT2D eigenvalue weighted by Gasteiger charge is 2.18. The summed E-state index contributed by atoms with van der Waals surface area (Å²) in [7, 11) is 0. The van der Waals surface area contributed by atoms with Gasteiger partial charge in [-0.05, 0) is 41.8 Å². The molecular weight excluding hydrogens is 434 g/mol. The molecule has 1 aliphatic heterocycles. The van der Waals surface area contributed by atoms with E-state index in [2.05, 4.69) is 46.0 Å². The third-order valence-corrected chi connectivity index (χ3v) is 6.91. The average molecular weight is 472 g/mol. The minimum Gasteiger partial charge on any atom is -0.369 e. The molecule has 2 N–H and O–H groups in total. The molecule has 35 heavy (non-hydrogen) atoms. The van der Waals surface area contributed by atoms with Crippen LogP contribution in [0.2, 0.25) is 0 Å². The van der Waals surface area contributed by atoms with Crippen molar-refractivity contribution in [1.82, 2.24) is 14.9 Å². The van der Waals surface area contributed by atoms with Gasteiger partial charge in [-0.25, -0.2) is 9.97 Å². The lowest BCUT2D eigenvalue weighted by Gasteiger charge is -2.35. The fourth-order valence-corrected chi connectivity index (χ4v) is 4.46. The average Bonchev–Trinajstić information content (AvgIpc) is 2.89. The Morgan fingerprint density at radius 3 is 2.23 bits per heavy atom. The number of rotatable bonds is 9. The van der Waals surface area contributed by atoms with Crippen LogP contribution in [0.4, 0.5) is 5.69 Å². The molecule has 0 spiro atoms. The van der Waals surface area contributed by atoms with Gasteiger partial charge >= 0.3 is 0 Å². The van der Waals surface area contributed by atoms with Crippen molar-refractivity contribution >= 4 is 11.5 Å². The highest BCUT2D eigenvalue weighted by molar-refractivity contribution is 5.86. The molecule has 4 rings (SSSR count). The van der Waals surface area contributed by atoms with E-state index in [9.17, 15) is 4.79 Å². The largest absolute Gasteiger partial charge is 0.369 e. The summed E-state index contributed by atoms with van der Waals surface area (Å²) in [6.07, 6.45) is 2.87. The zero-order chi connectivity index (χ0) is 24.8. The highest BCUT2D eigenvalue weighted by atomic mass is 16.1. The molecule has 6 nitrogen and oxygen atoms in total. The summed E-state index contributed by atoms with van der Waals surface area (Å²) in [6, 6.07) is 18.3. The number of carbonyl (C=O) groups excluding carboxylic acids is 1. The Bertz CT molecular complexity index is 1100. The van der Waals surface area contributed by atoms with Crippen LogP contribution in [-0.2, 0) is 17.6 Å². The molecule has 0 aliphatic carbocycles. The predicted molar refractivity (Wildman–Crippen MR) is 143 cm³/mol. The lowest BCUT2D eigenvalue weighted by atomic mass is 9.95. The lowest BCUT2D eigenvalue weighted by molar-refractivity contribution is -0.120. The van der Waals surface area contributed by atoms with Gasteiger partial charge in [0.05, 0.1) is 11.7 Å². The van der Waals surface area contributed by atoms with Gasteiger partial charge in [-0.3, -0.25) is 4.79 Å². The Morgan fingerprint density at radius 2 is 1.60 bits per heavy atom. The minimum absolute atomic E-state index is 0.0753. The van der Waals surface area contributed by atoms with Crippen molar-refractivity contribution in [1.29, 1.82) is 0 Å². The Labute approximate surface area is 209 Å². The van der Waals surface area contributed by atoms with E-state index in [0.717, 1.165) is 55.4 Å². The molecule has 2 heterocycles. The molecule has 0 radical (unpaired) electrons. The van der Waals surface area contributed by atoms with Gasteiger partial charge in [0.25, 0.3) is 0 Å². The summed E-state index contributed by atoms with van der Waals surface area (Å²) in [5, 5.41) is 0. The van der Waals surface area contributed by atoms with Crippen molar-refractivity contribution in [3.05, 3.63) is 77.7 Å². The zero-order valence-electron chi connectivity index (χ0n) is 21.2. The number of likely N-dealkylation sites (N-methyl/N-ethyl adjacent to an activating group) is 1. The van der Waals surface area contributed by atoms with E-state index < -0.39 is 6.04 Å². The maximum Gasteiger partial charge on any atom is 0.154 e. The van der Waals surface area contributed by atoms with E-state index in [1.54, 1.807) is 0 Å². The number of hydrogen-bond acceptors (Lipinski definition) is 6. The molecular formula is C29H37N5O. The smallest absolute Gasteiger partial charge is 0.154 e. The number of carbonyl (C=O) groups is 1. The molecule has 1 fully saturated rings. The van der Waals surface area contributed by atoms with E-state index in [4.69, 9.17) is 10.7 Å². The van der Waals surface area contributed by atoms with Crippen LogP contribution >= 0.6 is 0 Å². The van der Waals surface area contributed by atoms with Crippen molar-refractivity contribution in [2.75, 3.05) is 37.6 Å². The predicted octanol–water partition coefficient (Wildman–Crippen LogP) is 3.97. The second-order valence-corrected chi connectivity index (χ2v) is 9.73. The summed E-state index contributed by atoms with van der Waals surface area (Å²) in [5.74, 6) is 1.02. The molecule has 2 aromatic carbocycles. The van der Waals surface area contributed by atoms with Crippen molar-refractivity contribution in [3.8, 4) is 11.3 Å². The topological polar surface area (TPSA) is 75.3 Å². The van der Waals surface area contributed by atoms with Crippen LogP contribution in [0.1, 0.15) is 37.7 Å². The third-order valence-electron chi connectivity index (χ3n) is 6.91. The molecule has 0 saturated carbocycles. The maximum absolute atomic E-state index is 12.3. The second kappa shape index (κ2) is 11.6. The molecule has 1 aliphatic rings. The number of anilines is 1. The molecule has 6 heteroatoms. The van der Waals surface area contributed by atoms with Crippen molar-refractivity contribution in [3.63, 3.8) is 0 Å². The normalized spacial score (nSPS) is 15.4. The molecule has 1 aromatic heterocycles. The lowest BCUT2D eigenvalue weighted by Crippen LogP contribution is -2.46. The number of ketones is 1. The van der Waals surface area contributed by atoms with E-state index in [0.29, 0.717) is 12.8 Å². The fourth-order valence-electron chi connectivity index (χ4n) is 4.46. The number of hydrogen-bond donors (Lipinski definition) is 1. The number of piperazine rings is 1. The number of Topliss-reactive ketones (excluding diaryl/α,β-unsaturated/α-hetero) is 1. The summed E-state index contributed by atoms with van der Waals surface area (Å²) < 4.78 is 0. The Morgan fingerprint density at radius 1 is 0.943 bits per heavy atom. The number of nitrogens with two attached hydrogens (primary N) is 1. The van der Waals surface area contributed by atoms with Crippen molar-refractivity contribution in [2.45, 2.75) is 39.7 Å². The minimum atomic E-state index is -0.417. The quantitative estimate of drug-likeness (QED) is 0.509. The van der Waals surface area contributed by atoms with Crippen LogP contribution in [0.15, 0.2) is 60.8 Å². The van der Waals surface area contributed by atoms with Crippen LogP contribution in [-0.4, -0.2) is 59.4 Å². The first-order valence-corrected chi connectivity index (χ1v) is 12.7. The van der Waals surface area contributed by atoms with Crippen LogP contribution in [0.25, 0.3) is 11.3 Å². The SMILES string of the molecule is CCN1CCN(c2ccc(Cc3nccc(-c4ccc(CC(=O)[C@@H](N)C(C)C)cc4)n3)cc2)CC1. The Balaban J connectivity index is 1.38. The van der Waals surface area contributed by atoms with Gasteiger partial charge in [-0.1, -0.05) is 57.2 Å². The van der Waals surface area contributed by atoms with Crippen LogP contribution in [0.3, 0.4) is 0 Å². The number of nitrogens with zero attached hydrogens (tertiary/aromatic N) is 4. The fraction of sp³-hybridized carbons (Fsp3) is 0.414. The molecule has 0 bridgehead atoms. The van der Waals surface area contributed by atoms with E-state index >= 15 is 0 Å². The van der Waals surface area contributed by atoms with Gasteiger partial charge in [-0.2, -0.15) is 0 Å². The van der Waals surface area contributed by atoms with E-state index in [1.165, 1.54) is 11.3 Å². The van der Waals surface area contributed by atoms with Gasteiger partial charge in [0, 0.05) is 56.5 Å². The Hall–Kier alpha value is -3.09. The van der Waals surface area contributed by atoms with Crippen LogP contribution < -0.4 is 10.6 Å². The van der Waals surface area contributed by atoms with Gasteiger partial charge < -0.3 is 15.5 Å².